The van der Waals surface area contributed by atoms with Crippen LogP contribution in [0.3, 0.4) is 0 Å². The molecule has 0 fully saturated rings. The number of benzene rings is 2. The van der Waals surface area contributed by atoms with Crippen LogP contribution in [-0.4, -0.2) is 29.5 Å². The van der Waals surface area contributed by atoms with Crippen molar-refractivity contribution in [3.63, 3.8) is 0 Å². The van der Waals surface area contributed by atoms with Crippen LogP contribution in [0.2, 0.25) is 5.02 Å². The van der Waals surface area contributed by atoms with Crippen molar-refractivity contribution in [3.8, 4) is 28.1 Å². The molecule has 0 atom stereocenters. The Balaban J connectivity index is 2.04. The molecule has 0 amide bonds. The molecule has 6 nitrogen and oxygen atoms in total. The number of ether oxygens (including phenoxy) is 1. The van der Waals surface area contributed by atoms with Gasteiger partial charge in [-0.2, -0.15) is 0 Å². The van der Waals surface area contributed by atoms with Crippen molar-refractivity contribution >= 4 is 32.7 Å². The molecule has 5 rings (SSSR count). The molecule has 0 aliphatic heterocycles. The second-order valence-corrected chi connectivity index (χ2v) is 10.6. The lowest BCUT2D eigenvalue weighted by molar-refractivity contribution is 0.414. The van der Waals surface area contributed by atoms with E-state index in [1.165, 1.54) is 41.7 Å². The molecule has 2 aromatic carbocycles. The lowest BCUT2D eigenvalue weighted by atomic mass is 9.99. The molecule has 0 bridgehead atoms. The number of hydrogen-bond donors (Lipinski definition) is 0. The van der Waals surface area contributed by atoms with Crippen molar-refractivity contribution in [1.82, 2.24) is 13.9 Å². The lowest BCUT2D eigenvalue weighted by Gasteiger charge is -2.16. The van der Waals surface area contributed by atoms with E-state index in [2.05, 4.69) is 9.97 Å². The molecule has 9 heteroatoms. The van der Waals surface area contributed by atoms with Crippen LogP contribution < -0.4 is 4.74 Å². The van der Waals surface area contributed by atoms with E-state index < -0.39 is 15.8 Å². The second kappa shape index (κ2) is 9.04. The SMILES string of the molecule is COc1cnccc1-c1c(-c2cc(Cl)ccc2F)c2nccc(C)c2n1S(=O)(=O)c1ccc(C)cc1. The van der Waals surface area contributed by atoms with Crippen molar-refractivity contribution < 1.29 is 17.5 Å². The van der Waals surface area contributed by atoms with Gasteiger partial charge in [0.2, 0.25) is 0 Å². The summed E-state index contributed by atoms with van der Waals surface area (Å²) < 4.78 is 50.6. The quantitative estimate of drug-likeness (QED) is 0.267. The maximum Gasteiger partial charge on any atom is 0.268 e. The topological polar surface area (TPSA) is 74.1 Å². The zero-order chi connectivity index (χ0) is 25.6. The number of hydrogen-bond acceptors (Lipinski definition) is 5. The highest BCUT2D eigenvalue weighted by Gasteiger charge is 2.32. The van der Waals surface area contributed by atoms with Gasteiger partial charge in [-0.3, -0.25) is 9.97 Å². The summed E-state index contributed by atoms with van der Waals surface area (Å²) in [7, 11) is -2.71. The van der Waals surface area contributed by atoms with Gasteiger partial charge in [-0.25, -0.2) is 16.8 Å². The van der Waals surface area contributed by atoms with E-state index in [1.54, 1.807) is 49.5 Å². The van der Waals surface area contributed by atoms with Crippen molar-refractivity contribution in [1.29, 1.82) is 0 Å². The lowest BCUT2D eigenvalue weighted by Crippen LogP contribution is -2.15. The standard InChI is InChI=1S/C27H21ClFN3O3S/c1-16-4-7-19(8-5-16)36(33,34)32-26-17(2)10-13-31-25(26)24(21-14-18(28)6-9-22(21)29)27(32)20-11-12-30-15-23(20)35-3/h4-15H,1-3H3. The van der Waals surface area contributed by atoms with Gasteiger partial charge in [0.1, 0.15) is 11.6 Å². The highest BCUT2D eigenvalue weighted by molar-refractivity contribution is 7.90. The minimum atomic E-state index is -4.17. The fraction of sp³-hybridized carbons (Fsp3) is 0.111. The summed E-state index contributed by atoms with van der Waals surface area (Å²) in [6.45, 7) is 3.67. The van der Waals surface area contributed by atoms with E-state index in [0.717, 1.165) is 5.56 Å². The van der Waals surface area contributed by atoms with E-state index in [9.17, 15) is 8.42 Å². The third-order valence-electron chi connectivity index (χ3n) is 6.02. The average molecular weight is 522 g/mol. The molecule has 3 heterocycles. The van der Waals surface area contributed by atoms with Gasteiger partial charge in [0.15, 0.2) is 0 Å². The molecular weight excluding hydrogens is 501 g/mol. The summed E-state index contributed by atoms with van der Waals surface area (Å²) in [5, 5.41) is 0.300. The van der Waals surface area contributed by atoms with Gasteiger partial charge in [0.25, 0.3) is 10.0 Å². The van der Waals surface area contributed by atoms with Crippen molar-refractivity contribution in [2.45, 2.75) is 18.7 Å². The Bertz CT molecular complexity index is 1730. The number of rotatable bonds is 5. The number of fused-ring (bicyclic) bond motifs is 1. The molecular formula is C27H21ClFN3O3S. The molecule has 0 N–H and O–H groups in total. The molecule has 3 aromatic heterocycles. The first-order valence-corrected chi connectivity index (χ1v) is 12.8. The number of halogens is 2. The first-order chi connectivity index (χ1) is 17.2. The Kier molecular flexibility index (Phi) is 6.02. The van der Waals surface area contributed by atoms with Crippen molar-refractivity contribution in [2.75, 3.05) is 7.11 Å². The highest BCUT2D eigenvalue weighted by Crippen LogP contribution is 2.46. The summed E-state index contributed by atoms with van der Waals surface area (Å²) in [4.78, 5) is 8.72. The number of aryl methyl sites for hydroxylation is 2. The van der Waals surface area contributed by atoms with Crippen LogP contribution in [0.1, 0.15) is 11.1 Å². The highest BCUT2D eigenvalue weighted by atomic mass is 35.5. The molecule has 0 saturated carbocycles. The summed E-state index contributed by atoms with van der Waals surface area (Å²) in [6.07, 6.45) is 4.57. The van der Waals surface area contributed by atoms with E-state index in [-0.39, 0.29) is 21.7 Å². The minimum absolute atomic E-state index is 0.0839. The maximum absolute atomic E-state index is 15.3. The first kappa shape index (κ1) is 24.0. The van der Waals surface area contributed by atoms with Crippen LogP contribution in [0.4, 0.5) is 4.39 Å². The number of nitrogens with zero attached hydrogens (tertiary/aromatic N) is 3. The first-order valence-electron chi connectivity index (χ1n) is 11.0. The predicted molar refractivity (Wildman–Crippen MR) is 138 cm³/mol. The smallest absolute Gasteiger partial charge is 0.268 e. The molecule has 0 unspecified atom stereocenters. The number of methoxy groups -OCH3 is 1. The van der Waals surface area contributed by atoms with Gasteiger partial charge in [-0.1, -0.05) is 29.3 Å². The maximum atomic E-state index is 15.3. The summed E-state index contributed by atoms with van der Waals surface area (Å²) >= 11 is 6.27. The average Bonchev–Trinajstić information content (AvgIpc) is 3.22. The summed E-state index contributed by atoms with van der Waals surface area (Å²) in [5.41, 5.74) is 3.25. The molecule has 0 saturated heterocycles. The Morgan fingerprint density at radius 1 is 0.972 bits per heavy atom. The van der Waals surface area contributed by atoms with Gasteiger partial charge in [0.05, 0.1) is 34.9 Å². The van der Waals surface area contributed by atoms with Gasteiger partial charge < -0.3 is 4.74 Å². The molecule has 0 aliphatic rings. The zero-order valence-corrected chi connectivity index (χ0v) is 21.2. The van der Waals surface area contributed by atoms with Crippen LogP contribution in [0.15, 0.2) is 78.1 Å². The fourth-order valence-electron chi connectivity index (χ4n) is 4.30. The van der Waals surface area contributed by atoms with E-state index in [0.29, 0.717) is 32.9 Å². The molecule has 0 radical (unpaired) electrons. The molecule has 0 spiro atoms. The molecule has 36 heavy (non-hydrogen) atoms. The zero-order valence-electron chi connectivity index (χ0n) is 19.7. The molecule has 0 aliphatic carbocycles. The Labute approximate surface area is 213 Å². The van der Waals surface area contributed by atoms with Crippen LogP contribution in [0, 0.1) is 19.7 Å². The molecule has 5 aromatic rings. The minimum Gasteiger partial charge on any atom is -0.494 e. The Morgan fingerprint density at radius 3 is 2.44 bits per heavy atom. The summed E-state index contributed by atoms with van der Waals surface area (Å²) in [5.74, 6) is -0.245. The summed E-state index contributed by atoms with van der Waals surface area (Å²) in [6, 6.07) is 14.1. The largest absolute Gasteiger partial charge is 0.494 e. The normalized spacial score (nSPS) is 11.7. The predicted octanol–water partition coefficient (Wildman–Crippen LogP) is 6.42. The van der Waals surface area contributed by atoms with Crippen LogP contribution in [0.5, 0.6) is 5.75 Å². The number of aromatic nitrogens is 3. The van der Waals surface area contributed by atoms with Crippen LogP contribution in [-0.2, 0) is 10.0 Å². The Hall–Kier alpha value is -3.75. The third kappa shape index (κ3) is 3.83. The molecule has 182 valence electrons. The van der Waals surface area contributed by atoms with E-state index in [4.69, 9.17) is 16.3 Å². The van der Waals surface area contributed by atoms with E-state index in [1.807, 2.05) is 6.92 Å². The fourth-order valence-corrected chi connectivity index (χ4v) is 6.06. The van der Waals surface area contributed by atoms with Crippen LogP contribution in [0.25, 0.3) is 33.4 Å². The van der Waals surface area contributed by atoms with Crippen molar-refractivity contribution in [3.05, 3.63) is 95.2 Å². The van der Waals surface area contributed by atoms with E-state index >= 15 is 4.39 Å². The van der Waals surface area contributed by atoms with Gasteiger partial charge in [0, 0.05) is 34.1 Å². The van der Waals surface area contributed by atoms with Gasteiger partial charge in [-0.05, 0) is 61.9 Å². The Morgan fingerprint density at radius 2 is 1.72 bits per heavy atom. The third-order valence-corrected chi connectivity index (χ3v) is 7.97. The number of pyridine rings is 2. The van der Waals surface area contributed by atoms with Gasteiger partial charge in [-0.15, -0.1) is 0 Å². The van der Waals surface area contributed by atoms with Gasteiger partial charge >= 0.3 is 0 Å². The second-order valence-electron chi connectivity index (χ2n) is 8.33. The van der Waals surface area contributed by atoms with Crippen LogP contribution >= 0.6 is 11.6 Å². The monoisotopic (exact) mass is 521 g/mol. The van der Waals surface area contributed by atoms with Crippen molar-refractivity contribution in [2.24, 2.45) is 0 Å².